The Bertz CT molecular complexity index is 1130. The van der Waals surface area contributed by atoms with Crippen molar-refractivity contribution in [3.05, 3.63) is 84.4 Å². The maximum Gasteiger partial charge on any atom is 0.257 e. The summed E-state index contributed by atoms with van der Waals surface area (Å²) in [5, 5.41) is 2.90. The molecular weight excluding hydrogens is 390 g/mol. The lowest BCUT2D eigenvalue weighted by atomic mass is 10.2. The molecule has 4 aromatic rings. The third-order valence-corrected chi connectivity index (χ3v) is 4.99. The zero-order chi connectivity index (χ0) is 21.6. The van der Waals surface area contributed by atoms with Crippen LogP contribution in [0.3, 0.4) is 0 Å². The normalized spacial score (nSPS) is 10.8. The minimum Gasteiger partial charge on any atom is -0.487 e. The number of nitrogens with zero attached hydrogens (tertiary/aromatic N) is 4. The number of rotatable bonds is 8. The molecule has 0 aliphatic rings. The van der Waals surface area contributed by atoms with Gasteiger partial charge in [-0.2, -0.15) is 0 Å². The third-order valence-electron chi connectivity index (χ3n) is 4.99. The maximum atomic E-state index is 12.6. The number of hydrogen-bond donors (Lipinski definition) is 1. The Balaban J connectivity index is 1.39. The number of hydrogen-bond acceptors (Lipinski definition) is 5. The smallest absolute Gasteiger partial charge is 0.257 e. The lowest BCUT2D eigenvalue weighted by Crippen LogP contribution is -2.23. The number of fused-ring (bicyclic) bond motifs is 1. The summed E-state index contributed by atoms with van der Waals surface area (Å²) >= 11 is 0. The Hall–Kier alpha value is -3.87. The van der Waals surface area contributed by atoms with Crippen molar-refractivity contribution >= 4 is 23.1 Å². The van der Waals surface area contributed by atoms with Crippen LogP contribution in [0.2, 0.25) is 0 Å². The highest BCUT2D eigenvalue weighted by molar-refractivity contribution is 6.04. The van der Waals surface area contributed by atoms with Gasteiger partial charge < -0.3 is 19.4 Å². The van der Waals surface area contributed by atoms with Crippen molar-refractivity contribution in [2.45, 2.75) is 20.5 Å². The van der Waals surface area contributed by atoms with Crippen LogP contribution in [0.15, 0.2) is 73.2 Å². The molecular formula is C24H25N5O2. The molecule has 0 spiro atoms. The van der Waals surface area contributed by atoms with Crippen LogP contribution >= 0.6 is 0 Å². The van der Waals surface area contributed by atoms with Crippen molar-refractivity contribution in [2.24, 2.45) is 0 Å². The second-order valence-corrected chi connectivity index (χ2v) is 7.05. The van der Waals surface area contributed by atoms with E-state index in [1.165, 1.54) is 0 Å². The molecule has 3 heterocycles. The topological polar surface area (TPSA) is 71.8 Å². The molecule has 0 radical (unpaired) electrons. The van der Waals surface area contributed by atoms with Gasteiger partial charge >= 0.3 is 0 Å². The molecule has 0 atom stereocenters. The van der Waals surface area contributed by atoms with Crippen LogP contribution in [-0.2, 0) is 6.61 Å². The minimum absolute atomic E-state index is 0.212. The van der Waals surface area contributed by atoms with Gasteiger partial charge in [-0.1, -0.05) is 12.1 Å². The average molecular weight is 415 g/mol. The Morgan fingerprint density at radius 2 is 1.97 bits per heavy atom. The van der Waals surface area contributed by atoms with E-state index in [1.54, 1.807) is 18.3 Å². The molecule has 31 heavy (non-hydrogen) atoms. The van der Waals surface area contributed by atoms with Crippen molar-refractivity contribution in [3.63, 3.8) is 0 Å². The Morgan fingerprint density at radius 1 is 1.10 bits per heavy atom. The predicted molar refractivity (Wildman–Crippen MR) is 122 cm³/mol. The van der Waals surface area contributed by atoms with Gasteiger partial charge in [0.25, 0.3) is 5.91 Å². The third kappa shape index (κ3) is 4.83. The van der Waals surface area contributed by atoms with E-state index in [-0.39, 0.29) is 5.91 Å². The number of benzene rings is 1. The molecule has 0 fully saturated rings. The minimum atomic E-state index is -0.212. The summed E-state index contributed by atoms with van der Waals surface area (Å²) < 4.78 is 7.82. The number of ether oxygens (including phenoxy) is 1. The molecule has 3 aromatic heterocycles. The number of amides is 1. The molecule has 0 aliphatic carbocycles. The fourth-order valence-corrected chi connectivity index (χ4v) is 3.34. The zero-order valence-electron chi connectivity index (χ0n) is 17.7. The van der Waals surface area contributed by atoms with Crippen LogP contribution in [-0.4, -0.2) is 33.4 Å². The number of carbonyl (C=O) groups excluding carboxylic acids is 1. The SMILES string of the molecule is CCN(CC)c1ccc(C(=O)Nc2cccc(OCc3cn4ccccc4n3)c2)cn1. The molecule has 0 saturated carbocycles. The van der Waals surface area contributed by atoms with E-state index in [4.69, 9.17) is 4.74 Å². The van der Waals surface area contributed by atoms with Crippen LogP contribution in [0, 0.1) is 0 Å². The van der Waals surface area contributed by atoms with E-state index in [0.29, 0.717) is 23.6 Å². The van der Waals surface area contributed by atoms with Gasteiger partial charge in [-0.05, 0) is 50.2 Å². The highest BCUT2D eigenvalue weighted by atomic mass is 16.5. The Morgan fingerprint density at radius 3 is 2.71 bits per heavy atom. The van der Waals surface area contributed by atoms with Crippen molar-refractivity contribution < 1.29 is 9.53 Å². The monoisotopic (exact) mass is 415 g/mol. The van der Waals surface area contributed by atoms with Gasteiger partial charge in [-0.15, -0.1) is 0 Å². The lowest BCUT2D eigenvalue weighted by Gasteiger charge is -2.19. The second-order valence-electron chi connectivity index (χ2n) is 7.05. The molecule has 158 valence electrons. The van der Waals surface area contributed by atoms with Crippen LogP contribution < -0.4 is 15.0 Å². The van der Waals surface area contributed by atoms with Crippen molar-refractivity contribution in [1.29, 1.82) is 0 Å². The molecule has 1 N–H and O–H groups in total. The van der Waals surface area contributed by atoms with Gasteiger partial charge in [-0.25, -0.2) is 9.97 Å². The van der Waals surface area contributed by atoms with Gasteiger partial charge in [0, 0.05) is 43.4 Å². The van der Waals surface area contributed by atoms with Crippen molar-refractivity contribution in [3.8, 4) is 5.75 Å². The summed E-state index contributed by atoms with van der Waals surface area (Å²) in [4.78, 5) is 23.7. The van der Waals surface area contributed by atoms with E-state index in [0.717, 1.165) is 30.2 Å². The molecule has 0 saturated heterocycles. The largest absolute Gasteiger partial charge is 0.487 e. The first kappa shape index (κ1) is 20.4. The van der Waals surface area contributed by atoms with Crippen LogP contribution in [0.5, 0.6) is 5.75 Å². The number of imidazole rings is 1. The molecule has 0 unspecified atom stereocenters. The highest BCUT2D eigenvalue weighted by Crippen LogP contribution is 2.20. The van der Waals surface area contributed by atoms with E-state index >= 15 is 0 Å². The molecule has 1 amide bonds. The number of pyridine rings is 2. The molecule has 0 bridgehead atoms. The summed E-state index contributed by atoms with van der Waals surface area (Å²) in [6.45, 7) is 6.25. The van der Waals surface area contributed by atoms with E-state index in [9.17, 15) is 4.79 Å². The average Bonchev–Trinajstić information content (AvgIpc) is 3.22. The van der Waals surface area contributed by atoms with E-state index in [1.807, 2.05) is 59.3 Å². The molecule has 7 nitrogen and oxygen atoms in total. The molecule has 1 aromatic carbocycles. The summed E-state index contributed by atoms with van der Waals surface area (Å²) in [5.74, 6) is 1.31. The number of anilines is 2. The van der Waals surface area contributed by atoms with Gasteiger partial charge in [0.2, 0.25) is 0 Å². The van der Waals surface area contributed by atoms with E-state index in [2.05, 4.69) is 34.0 Å². The first-order chi connectivity index (χ1) is 15.2. The first-order valence-corrected chi connectivity index (χ1v) is 10.3. The fraction of sp³-hybridized carbons (Fsp3) is 0.208. The summed E-state index contributed by atoms with van der Waals surface area (Å²) in [6.07, 6.45) is 5.49. The van der Waals surface area contributed by atoms with Crippen molar-refractivity contribution in [2.75, 3.05) is 23.3 Å². The van der Waals surface area contributed by atoms with Gasteiger partial charge in [0.05, 0.1) is 11.3 Å². The Kier molecular flexibility index (Phi) is 6.12. The summed E-state index contributed by atoms with van der Waals surface area (Å²) in [7, 11) is 0. The first-order valence-electron chi connectivity index (χ1n) is 10.3. The van der Waals surface area contributed by atoms with Gasteiger partial charge in [0.15, 0.2) is 0 Å². The lowest BCUT2D eigenvalue weighted by molar-refractivity contribution is 0.102. The van der Waals surface area contributed by atoms with Gasteiger partial charge in [-0.3, -0.25) is 4.79 Å². The quantitative estimate of drug-likeness (QED) is 0.462. The number of nitrogens with one attached hydrogen (secondary N) is 1. The van der Waals surface area contributed by atoms with Crippen LogP contribution in [0.4, 0.5) is 11.5 Å². The fourth-order valence-electron chi connectivity index (χ4n) is 3.34. The second kappa shape index (κ2) is 9.30. The van der Waals surface area contributed by atoms with Crippen LogP contribution in [0.25, 0.3) is 5.65 Å². The predicted octanol–water partition coefficient (Wildman–Crippen LogP) is 4.41. The zero-order valence-corrected chi connectivity index (χ0v) is 17.7. The highest BCUT2D eigenvalue weighted by Gasteiger charge is 2.10. The van der Waals surface area contributed by atoms with Gasteiger partial charge in [0.1, 0.15) is 23.8 Å². The van der Waals surface area contributed by atoms with Crippen LogP contribution in [0.1, 0.15) is 29.9 Å². The number of aromatic nitrogens is 3. The van der Waals surface area contributed by atoms with E-state index < -0.39 is 0 Å². The van der Waals surface area contributed by atoms with Crippen molar-refractivity contribution in [1.82, 2.24) is 14.4 Å². The molecule has 0 aliphatic heterocycles. The summed E-state index contributed by atoms with van der Waals surface area (Å²) in [5.41, 5.74) is 2.87. The standard InChI is InChI=1S/C24H25N5O2/c1-3-28(4-2)22-12-11-18(15-25-22)24(30)27-19-8-7-9-21(14-19)31-17-20-16-29-13-6-5-10-23(29)26-20/h5-16H,3-4,17H2,1-2H3,(H,27,30). The molecule has 7 heteroatoms. The maximum absolute atomic E-state index is 12.6. The Labute approximate surface area is 181 Å². The summed E-state index contributed by atoms with van der Waals surface area (Å²) in [6, 6.07) is 16.8. The number of carbonyl (C=O) groups is 1. The molecule has 4 rings (SSSR count).